The fourth-order valence-electron chi connectivity index (χ4n) is 4.06. The van der Waals surface area contributed by atoms with Crippen LogP contribution < -0.4 is 4.74 Å². The maximum absolute atomic E-state index is 12.3. The van der Waals surface area contributed by atoms with Crippen LogP contribution >= 0.6 is 0 Å². The van der Waals surface area contributed by atoms with Crippen molar-refractivity contribution in [2.24, 2.45) is 5.92 Å². The van der Waals surface area contributed by atoms with Crippen LogP contribution in [0.1, 0.15) is 55.5 Å². The smallest absolute Gasteiger partial charge is 0.335 e. The summed E-state index contributed by atoms with van der Waals surface area (Å²) in [6, 6.07) is 5.43. The molecule has 1 N–H and O–H groups in total. The highest BCUT2D eigenvalue weighted by Gasteiger charge is 2.37. The second kappa shape index (κ2) is 8.62. The molecule has 1 aromatic carbocycles. The van der Waals surface area contributed by atoms with Crippen LogP contribution in [0.2, 0.25) is 0 Å². The third kappa shape index (κ3) is 4.73. The van der Waals surface area contributed by atoms with Gasteiger partial charge in [0, 0.05) is 18.2 Å². The number of methoxy groups -OCH3 is 1. The number of hydrogen-bond donors (Lipinski definition) is 1. The van der Waals surface area contributed by atoms with Crippen molar-refractivity contribution in [3.05, 3.63) is 29.3 Å². The minimum absolute atomic E-state index is 0.0925. The summed E-state index contributed by atoms with van der Waals surface area (Å²) in [4.78, 5) is 26.4. The van der Waals surface area contributed by atoms with Crippen LogP contribution in [0.5, 0.6) is 5.75 Å². The van der Waals surface area contributed by atoms with Crippen molar-refractivity contribution >= 4 is 12.3 Å². The van der Waals surface area contributed by atoms with E-state index in [0.29, 0.717) is 11.3 Å². The third-order valence-electron chi connectivity index (χ3n) is 6.18. The number of aliphatic hydroxyl groups is 1. The lowest BCUT2D eigenvalue weighted by atomic mass is 9.73. The molecule has 6 heteroatoms. The molecule has 1 saturated heterocycles. The number of ether oxygens (including phenoxy) is 2. The van der Waals surface area contributed by atoms with E-state index < -0.39 is 17.5 Å². The van der Waals surface area contributed by atoms with E-state index in [0.717, 1.165) is 37.3 Å². The van der Waals surface area contributed by atoms with Gasteiger partial charge in [-0.3, -0.25) is 9.69 Å². The van der Waals surface area contributed by atoms with Crippen molar-refractivity contribution < 1.29 is 24.2 Å². The van der Waals surface area contributed by atoms with E-state index in [-0.39, 0.29) is 19.1 Å². The first-order chi connectivity index (χ1) is 13.4. The van der Waals surface area contributed by atoms with Crippen LogP contribution in [0.25, 0.3) is 0 Å². The number of esters is 1. The Morgan fingerprint density at radius 2 is 2.14 bits per heavy atom. The van der Waals surface area contributed by atoms with E-state index in [1.807, 2.05) is 13.0 Å². The fraction of sp³-hybridized carbons (Fsp3) is 0.636. The molecule has 2 fully saturated rings. The van der Waals surface area contributed by atoms with Crippen molar-refractivity contribution in [3.8, 4) is 5.75 Å². The lowest BCUT2D eigenvalue weighted by molar-refractivity contribution is -0.157. The normalized spacial score (nSPS) is 29.8. The largest absolute Gasteiger partial charge is 0.497 e. The number of benzene rings is 1. The molecule has 2 aliphatic rings. The molecule has 0 spiro atoms. The highest BCUT2D eigenvalue weighted by Crippen LogP contribution is 2.38. The predicted octanol–water partition coefficient (Wildman–Crippen LogP) is 2.56. The zero-order valence-corrected chi connectivity index (χ0v) is 17.0. The molecule has 6 nitrogen and oxygen atoms in total. The number of carbonyl (C=O) groups is 2. The quantitative estimate of drug-likeness (QED) is 0.616. The Labute approximate surface area is 166 Å². The van der Waals surface area contributed by atoms with Crippen molar-refractivity contribution in [2.75, 3.05) is 26.8 Å². The molecule has 2 unspecified atom stereocenters. The van der Waals surface area contributed by atoms with Gasteiger partial charge in [-0.15, -0.1) is 0 Å². The van der Waals surface area contributed by atoms with Crippen LogP contribution in [0.15, 0.2) is 18.2 Å². The average Bonchev–Trinajstić information content (AvgIpc) is 3.51. The van der Waals surface area contributed by atoms with E-state index in [1.54, 1.807) is 19.2 Å². The van der Waals surface area contributed by atoms with E-state index in [1.165, 1.54) is 12.8 Å². The van der Waals surface area contributed by atoms with E-state index >= 15 is 0 Å². The maximum atomic E-state index is 12.3. The van der Waals surface area contributed by atoms with Crippen LogP contribution in [-0.4, -0.2) is 61.2 Å². The van der Waals surface area contributed by atoms with Crippen molar-refractivity contribution in [1.29, 1.82) is 0 Å². The molecule has 1 aromatic rings. The van der Waals surface area contributed by atoms with Crippen molar-refractivity contribution in [1.82, 2.24) is 4.90 Å². The van der Waals surface area contributed by atoms with E-state index in [2.05, 4.69) is 11.8 Å². The van der Waals surface area contributed by atoms with Gasteiger partial charge in [-0.2, -0.15) is 0 Å². The van der Waals surface area contributed by atoms with E-state index in [9.17, 15) is 14.7 Å². The molecule has 0 radical (unpaired) electrons. The molecular formula is C22H31NO5. The third-order valence-corrected chi connectivity index (χ3v) is 6.18. The Morgan fingerprint density at radius 1 is 1.39 bits per heavy atom. The number of rotatable bonds is 5. The summed E-state index contributed by atoms with van der Waals surface area (Å²) in [6.45, 7) is 6.16. The number of hydrogen-bond acceptors (Lipinski definition) is 6. The molecule has 1 heterocycles. The molecule has 0 bridgehead atoms. The van der Waals surface area contributed by atoms with Gasteiger partial charge in [0.2, 0.25) is 0 Å². The highest BCUT2D eigenvalue weighted by molar-refractivity contribution is 5.79. The van der Waals surface area contributed by atoms with Gasteiger partial charge in [0.1, 0.15) is 18.6 Å². The maximum Gasteiger partial charge on any atom is 0.335 e. The number of nitrogens with zero attached hydrogens (tertiary/aromatic N) is 1. The Kier molecular flexibility index (Phi) is 6.40. The van der Waals surface area contributed by atoms with Crippen molar-refractivity contribution in [2.45, 2.75) is 57.1 Å². The summed E-state index contributed by atoms with van der Waals surface area (Å²) in [5, 5.41) is 10.5. The summed E-state index contributed by atoms with van der Waals surface area (Å²) < 4.78 is 10.7. The topological polar surface area (TPSA) is 76.1 Å². The second-order valence-electron chi connectivity index (χ2n) is 8.52. The average molecular weight is 389 g/mol. The SMILES string of the molecule is COc1ccc(C=O)c([C@]2(C)CCN(CC3CC3)C(C)COC(=O)C(O)C2)c1. The fourth-order valence-corrected chi connectivity index (χ4v) is 4.06. The summed E-state index contributed by atoms with van der Waals surface area (Å²) in [7, 11) is 1.58. The highest BCUT2D eigenvalue weighted by atomic mass is 16.5. The van der Waals surface area contributed by atoms with Gasteiger partial charge < -0.3 is 14.6 Å². The molecule has 154 valence electrons. The van der Waals surface area contributed by atoms with Crippen LogP contribution in [0, 0.1) is 5.92 Å². The van der Waals surface area contributed by atoms with Crippen molar-refractivity contribution in [3.63, 3.8) is 0 Å². The minimum Gasteiger partial charge on any atom is -0.497 e. The minimum atomic E-state index is -1.22. The zero-order valence-electron chi connectivity index (χ0n) is 17.0. The monoisotopic (exact) mass is 389 g/mol. The van der Waals surface area contributed by atoms with Gasteiger partial charge in [0.05, 0.1) is 7.11 Å². The standard InChI is InChI=1S/C22H31NO5/c1-15-14-28-21(26)20(25)11-22(2,8-9-23(15)12-16-4-5-16)19-10-18(27-3)7-6-17(19)13-24/h6-7,10,13,15-16,20,25H,4-5,8-9,11-12,14H2,1-3H3/t15?,20?,22-/m1/s1. The van der Waals surface area contributed by atoms with Gasteiger partial charge in [-0.05, 0) is 74.2 Å². The summed E-state index contributed by atoms with van der Waals surface area (Å²) >= 11 is 0. The lowest BCUT2D eigenvalue weighted by Crippen LogP contribution is -2.45. The second-order valence-corrected chi connectivity index (χ2v) is 8.52. The molecule has 0 amide bonds. The van der Waals surface area contributed by atoms with Gasteiger partial charge in [0.25, 0.3) is 0 Å². The van der Waals surface area contributed by atoms with Crippen LogP contribution in [-0.2, 0) is 14.9 Å². The number of aliphatic hydroxyl groups excluding tert-OH is 1. The first kappa shape index (κ1) is 20.8. The number of aldehydes is 1. The number of carbonyl (C=O) groups excluding carboxylic acids is 2. The molecule has 3 rings (SSSR count). The molecular weight excluding hydrogens is 358 g/mol. The first-order valence-electron chi connectivity index (χ1n) is 10.1. The Hall–Kier alpha value is -1.92. The first-order valence-corrected chi connectivity index (χ1v) is 10.1. The summed E-state index contributed by atoms with van der Waals surface area (Å²) in [5.41, 5.74) is 0.790. The molecule has 28 heavy (non-hydrogen) atoms. The Balaban J connectivity index is 1.95. The van der Waals surface area contributed by atoms with E-state index in [4.69, 9.17) is 9.47 Å². The Morgan fingerprint density at radius 3 is 2.79 bits per heavy atom. The zero-order chi connectivity index (χ0) is 20.3. The van der Waals surface area contributed by atoms with Gasteiger partial charge in [0.15, 0.2) is 6.10 Å². The molecule has 3 atom stereocenters. The number of cyclic esters (lactones) is 1. The van der Waals surface area contributed by atoms with Gasteiger partial charge in [-0.1, -0.05) is 6.92 Å². The van der Waals surface area contributed by atoms with Crippen LogP contribution in [0.4, 0.5) is 0 Å². The summed E-state index contributed by atoms with van der Waals surface area (Å²) in [5.74, 6) is 0.779. The predicted molar refractivity (Wildman–Crippen MR) is 106 cm³/mol. The van der Waals surface area contributed by atoms with Gasteiger partial charge in [-0.25, -0.2) is 4.79 Å². The van der Waals surface area contributed by atoms with Gasteiger partial charge >= 0.3 is 5.97 Å². The lowest BCUT2D eigenvalue weighted by Gasteiger charge is -2.38. The Bertz CT molecular complexity index is 717. The molecule has 1 aliphatic carbocycles. The van der Waals surface area contributed by atoms with Crippen LogP contribution in [0.3, 0.4) is 0 Å². The molecule has 0 aromatic heterocycles. The summed E-state index contributed by atoms with van der Waals surface area (Å²) in [6.07, 6.45) is 3.04. The molecule has 1 saturated carbocycles. The molecule has 1 aliphatic heterocycles.